The van der Waals surface area contributed by atoms with Gasteiger partial charge in [-0.2, -0.15) is 4.98 Å². The molecule has 0 bridgehead atoms. The first-order valence-electron chi connectivity index (χ1n) is 9.40. The number of benzene rings is 1. The number of amides is 1. The van der Waals surface area contributed by atoms with Gasteiger partial charge >= 0.3 is 0 Å². The number of aromatic nitrogens is 1. The maximum absolute atomic E-state index is 13.1. The first kappa shape index (κ1) is 15.0. The molecule has 1 unspecified atom stereocenters. The van der Waals surface area contributed by atoms with Crippen molar-refractivity contribution in [3.05, 3.63) is 35.4 Å². The summed E-state index contributed by atoms with van der Waals surface area (Å²) in [5, 5.41) is 0. The number of hydrogen-bond acceptors (Lipinski definition) is 4. The molecule has 1 aromatic heterocycles. The van der Waals surface area contributed by atoms with E-state index in [2.05, 4.69) is 14.8 Å². The van der Waals surface area contributed by atoms with Gasteiger partial charge in [0.05, 0.1) is 0 Å². The molecule has 0 N–H and O–H groups in total. The van der Waals surface area contributed by atoms with Gasteiger partial charge in [-0.1, -0.05) is 23.3 Å². The highest BCUT2D eigenvalue weighted by atomic mass is 16.4. The Hall–Kier alpha value is -2.30. The van der Waals surface area contributed by atoms with Crippen molar-refractivity contribution in [3.63, 3.8) is 0 Å². The number of oxazole rings is 1. The zero-order valence-electron chi connectivity index (χ0n) is 14.4. The van der Waals surface area contributed by atoms with E-state index in [1.165, 1.54) is 12.8 Å². The third kappa shape index (κ3) is 2.71. The molecule has 3 heterocycles. The summed E-state index contributed by atoms with van der Waals surface area (Å²) in [5.74, 6) is 0.250. The molecule has 2 aromatic rings. The minimum atomic E-state index is -0.122. The van der Waals surface area contributed by atoms with Crippen LogP contribution in [0.25, 0.3) is 11.1 Å². The van der Waals surface area contributed by atoms with Crippen LogP contribution in [0.3, 0.4) is 0 Å². The number of carbonyl (C=O) groups excluding carboxylic acids is 1. The van der Waals surface area contributed by atoms with Crippen molar-refractivity contribution in [2.45, 2.75) is 44.6 Å². The molecule has 0 spiro atoms. The summed E-state index contributed by atoms with van der Waals surface area (Å²) in [4.78, 5) is 21.8. The fourth-order valence-corrected chi connectivity index (χ4v) is 4.21. The van der Waals surface area contributed by atoms with Crippen LogP contribution < -0.4 is 4.90 Å². The molecule has 5 heteroatoms. The standard InChI is InChI=1S/C20H23N3O2/c24-19(22-12-9-15(10-13-22)14-7-8-14)17-5-3-11-23(17)20-21-16-4-1-2-6-18(16)25-20/h1-2,4,6,17H,3,5,7-13H2. The van der Waals surface area contributed by atoms with Crippen molar-refractivity contribution in [1.29, 1.82) is 0 Å². The number of hydrogen-bond donors (Lipinski definition) is 0. The molecule has 3 aliphatic rings. The van der Waals surface area contributed by atoms with E-state index in [0.717, 1.165) is 56.4 Å². The van der Waals surface area contributed by atoms with Crippen LogP contribution in [0.2, 0.25) is 0 Å². The number of nitrogens with zero attached hydrogens (tertiary/aromatic N) is 3. The summed E-state index contributed by atoms with van der Waals surface area (Å²) in [6.45, 7) is 2.58. The number of para-hydroxylation sites is 2. The number of anilines is 1. The van der Waals surface area contributed by atoms with Crippen molar-refractivity contribution < 1.29 is 9.21 Å². The summed E-state index contributed by atoms with van der Waals surface area (Å²) in [6, 6.07) is 8.26. The Balaban J connectivity index is 1.34. The highest BCUT2D eigenvalue weighted by Gasteiger charge is 2.37. The lowest BCUT2D eigenvalue weighted by Gasteiger charge is -2.33. The molecule has 5 rings (SSSR count). The number of piperidine rings is 1. The highest BCUT2D eigenvalue weighted by Crippen LogP contribution is 2.36. The van der Waals surface area contributed by atoms with E-state index in [-0.39, 0.29) is 11.9 Å². The zero-order valence-corrected chi connectivity index (χ0v) is 14.4. The second-order valence-electron chi connectivity index (χ2n) is 7.35. The first-order valence-corrected chi connectivity index (χ1v) is 9.40. The van der Waals surface area contributed by atoms with Crippen molar-refractivity contribution in [3.8, 4) is 0 Å². The van der Waals surface area contributed by atoms with E-state index >= 15 is 0 Å². The summed E-state index contributed by atoms with van der Waals surface area (Å²) < 4.78 is 5.91. The average Bonchev–Trinajstić information content (AvgIpc) is 3.22. The Morgan fingerprint density at radius 1 is 1.04 bits per heavy atom. The largest absolute Gasteiger partial charge is 0.423 e. The minimum absolute atomic E-state index is 0.122. The SMILES string of the molecule is O=C(C1CCCN1c1nc2ccccc2o1)N1CCC(=C2CC2)CC1. The zero-order chi connectivity index (χ0) is 16.8. The third-order valence-corrected chi connectivity index (χ3v) is 5.74. The van der Waals surface area contributed by atoms with Gasteiger partial charge in [-0.05, 0) is 50.7 Å². The average molecular weight is 337 g/mol. The van der Waals surface area contributed by atoms with Gasteiger partial charge in [0.2, 0.25) is 5.91 Å². The van der Waals surface area contributed by atoms with Crippen LogP contribution in [-0.4, -0.2) is 41.5 Å². The monoisotopic (exact) mass is 337 g/mol. The summed E-state index contributed by atoms with van der Waals surface area (Å²) >= 11 is 0. The van der Waals surface area contributed by atoms with Gasteiger partial charge in [0.1, 0.15) is 11.6 Å². The number of likely N-dealkylation sites (tertiary alicyclic amines) is 1. The van der Waals surface area contributed by atoms with Crippen molar-refractivity contribution in [1.82, 2.24) is 9.88 Å². The van der Waals surface area contributed by atoms with Crippen LogP contribution in [0.15, 0.2) is 39.8 Å². The Bertz CT molecular complexity index is 804. The molecule has 1 saturated carbocycles. The fraction of sp³-hybridized carbons (Fsp3) is 0.500. The molecule has 2 aliphatic heterocycles. The molecule has 2 saturated heterocycles. The first-order chi connectivity index (χ1) is 12.3. The van der Waals surface area contributed by atoms with Gasteiger partial charge in [0, 0.05) is 19.6 Å². The number of fused-ring (bicyclic) bond motifs is 1. The van der Waals surface area contributed by atoms with Crippen molar-refractivity contribution in [2.24, 2.45) is 0 Å². The second kappa shape index (κ2) is 5.90. The summed E-state index contributed by atoms with van der Waals surface area (Å²) in [6.07, 6.45) is 6.61. The Labute approximate surface area is 147 Å². The smallest absolute Gasteiger partial charge is 0.299 e. The molecule has 25 heavy (non-hydrogen) atoms. The van der Waals surface area contributed by atoms with Gasteiger partial charge in [0.25, 0.3) is 6.01 Å². The quantitative estimate of drug-likeness (QED) is 0.787. The molecular formula is C20H23N3O2. The number of rotatable bonds is 2. The number of carbonyl (C=O) groups is 1. The normalized spacial score (nSPS) is 23.6. The second-order valence-corrected chi connectivity index (χ2v) is 7.35. The maximum atomic E-state index is 13.1. The van der Waals surface area contributed by atoms with Crippen LogP contribution >= 0.6 is 0 Å². The van der Waals surface area contributed by atoms with Crippen LogP contribution in [0.1, 0.15) is 38.5 Å². The van der Waals surface area contributed by atoms with Gasteiger partial charge in [-0.3, -0.25) is 4.79 Å². The molecule has 1 aromatic carbocycles. The number of allylic oxidation sites excluding steroid dienone is 1. The molecule has 0 radical (unpaired) electrons. The lowest BCUT2D eigenvalue weighted by atomic mass is 10.0. The molecule has 1 amide bonds. The molecule has 3 fully saturated rings. The molecule has 1 aliphatic carbocycles. The lowest BCUT2D eigenvalue weighted by molar-refractivity contribution is -0.132. The Morgan fingerprint density at radius 3 is 2.56 bits per heavy atom. The van der Waals surface area contributed by atoms with Gasteiger partial charge < -0.3 is 14.2 Å². The van der Waals surface area contributed by atoms with E-state index in [0.29, 0.717) is 6.01 Å². The topological polar surface area (TPSA) is 49.6 Å². The summed E-state index contributed by atoms with van der Waals surface area (Å²) in [7, 11) is 0. The Morgan fingerprint density at radius 2 is 1.80 bits per heavy atom. The molecule has 130 valence electrons. The predicted octanol–water partition coefficient (Wildman–Crippen LogP) is 3.51. The van der Waals surface area contributed by atoms with Crippen LogP contribution in [0, 0.1) is 0 Å². The van der Waals surface area contributed by atoms with Gasteiger partial charge in [-0.15, -0.1) is 0 Å². The van der Waals surface area contributed by atoms with E-state index in [4.69, 9.17) is 4.42 Å². The molecule has 5 nitrogen and oxygen atoms in total. The van der Waals surface area contributed by atoms with Crippen LogP contribution in [-0.2, 0) is 4.79 Å². The third-order valence-electron chi connectivity index (χ3n) is 5.74. The Kier molecular flexibility index (Phi) is 3.54. The maximum Gasteiger partial charge on any atom is 0.299 e. The minimum Gasteiger partial charge on any atom is -0.423 e. The predicted molar refractivity (Wildman–Crippen MR) is 96.5 cm³/mol. The summed E-state index contributed by atoms with van der Waals surface area (Å²) in [5.41, 5.74) is 4.91. The van der Waals surface area contributed by atoms with E-state index < -0.39 is 0 Å². The van der Waals surface area contributed by atoms with Gasteiger partial charge in [-0.25, -0.2) is 0 Å². The molecule has 1 atom stereocenters. The highest BCUT2D eigenvalue weighted by molar-refractivity contribution is 5.86. The van der Waals surface area contributed by atoms with E-state index in [1.54, 1.807) is 11.1 Å². The fourth-order valence-electron chi connectivity index (χ4n) is 4.21. The van der Waals surface area contributed by atoms with Crippen molar-refractivity contribution in [2.75, 3.05) is 24.5 Å². The van der Waals surface area contributed by atoms with Crippen LogP contribution in [0.5, 0.6) is 0 Å². The van der Waals surface area contributed by atoms with Gasteiger partial charge in [0.15, 0.2) is 5.58 Å². The molecular weight excluding hydrogens is 314 g/mol. The van der Waals surface area contributed by atoms with Crippen LogP contribution in [0.4, 0.5) is 6.01 Å². The van der Waals surface area contributed by atoms with E-state index in [9.17, 15) is 4.79 Å². The van der Waals surface area contributed by atoms with Crippen molar-refractivity contribution >= 4 is 23.0 Å². The van der Waals surface area contributed by atoms with E-state index in [1.807, 2.05) is 24.3 Å². The lowest BCUT2D eigenvalue weighted by Crippen LogP contribution is -2.48.